The summed E-state index contributed by atoms with van der Waals surface area (Å²) in [5, 5.41) is 9.54. The Balaban J connectivity index is 1.94. The quantitative estimate of drug-likeness (QED) is 0.881. The van der Waals surface area contributed by atoms with E-state index in [2.05, 4.69) is 15.9 Å². The van der Waals surface area contributed by atoms with Crippen molar-refractivity contribution in [2.75, 3.05) is 13.1 Å². The molecule has 5 nitrogen and oxygen atoms in total. The van der Waals surface area contributed by atoms with E-state index in [1.165, 1.54) is 4.31 Å². The van der Waals surface area contributed by atoms with E-state index in [4.69, 9.17) is 0 Å². The SMILES string of the molecule is O=C(O)[C@@]12CCC[C@H]1CN(S(=O)(=O)c1cccc(Br)c1)C2. The second-order valence-electron chi connectivity index (χ2n) is 5.81. The molecule has 1 aliphatic carbocycles. The minimum absolute atomic E-state index is 0.0723. The molecule has 1 aromatic carbocycles. The van der Waals surface area contributed by atoms with E-state index in [9.17, 15) is 18.3 Å². The van der Waals surface area contributed by atoms with Crippen molar-refractivity contribution in [3.63, 3.8) is 0 Å². The van der Waals surface area contributed by atoms with Crippen LogP contribution in [0.2, 0.25) is 0 Å². The average Bonchev–Trinajstić information content (AvgIpc) is 2.96. The normalized spacial score (nSPS) is 29.5. The van der Waals surface area contributed by atoms with Crippen LogP contribution in [0.3, 0.4) is 0 Å². The highest BCUT2D eigenvalue weighted by Gasteiger charge is 2.57. The molecular formula is C14H16BrNO4S. The van der Waals surface area contributed by atoms with Gasteiger partial charge in [-0.05, 0) is 37.0 Å². The number of hydrogen-bond acceptors (Lipinski definition) is 3. The van der Waals surface area contributed by atoms with Crippen LogP contribution in [0.4, 0.5) is 0 Å². The van der Waals surface area contributed by atoms with Gasteiger partial charge in [-0.2, -0.15) is 4.31 Å². The van der Waals surface area contributed by atoms with Gasteiger partial charge in [-0.15, -0.1) is 0 Å². The first-order valence-corrected chi connectivity index (χ1v) is 9.09. The molecule has 2 atom stereocenters. The van der Waals surface area contributed by atoms with Gasteiger partial charge in [-0.1, -0.05) is 28.4 Å². The minimum Gasteiger partial charge on any atom is -0.481 e. The molecule has 114 valence electrons. The Bertz CT molecular complexity index is 690. The summed E-state index contributed by atoms with van der Waals surface area (Å²) in [5.41, 5.74) is -0.890. The molecule has 2 aliphatic rings. The maximum Gasteiger partial charge on any atom is 0.311 e. The molecule has 1 heterocycles. The number of nitrogens with zero attached hydrogens (tertiary/aromatic N) is 1. The van der Waals surface area contributed by atoms with Crippen molar-refractivity contribution in [2.24, 2.45) is 11.3 Å². The second kappa shape index (κ2) is 5.07. The van der Waals surface area contributed by atoms with Gasteiger partial charge in [0.15, 0.2) is 0 Å². The van der Waals surface area contributed by atoms with Crippen molar-refractivity contribution in [1.29, 1.82) is 0 Å². The lowest BCUT2D eigenvalue weighted by Crippen LogP contribution is -2.37. The summed E-state index contributed by atoms with van der Waals surface area (Å²) in [6, 6.07) is 6.52. The molecule has 0 amide bonds. The van der Waals surface area contributed by atoms with Crippen LogP contribution in [0, 0.1) is 11.3 Å². The van der Waals surface area contributed by atoms with Crippen molar-refractivity contribution in [2.45, 2.75) is 24.2 Å². The highest BCUT2D eigenvalue weighted by Crippen LogP contribution is 2.50. The first-order chi connectivity index (χ1) is 9.86. The molecule has 0 radical (unpaired) electrons. The Hall–Kier alpha value is -0.920. The molecule has 0 spiro atoms. The third kappa shape index (κ3) is 2.31. The molecule has 7 heteroatoms. The van der Waals surface area contributed by atoms with Gasteiger partial charge in [-0.3, -0.25) is 4.79 Å². The number of carboxylic acid groups (broad SMARTS) is 1. The van der Waals surface area contributed by atoms with Crippen LogP contribution in [0.25, 0.3) is 0 Å². The molecule has 3 rings (SSSR count). The van der Waals surface area contributed by atoms with Crippen LogP contribution in [-0.2, 0) is 14.8 Å². The summed E-state index contributed by atoms with van der Waals surface area (Å²) in [5.74, 6) is -0.936. The number of hydrogen-bond donors (Lipinski definition) is 1. The number of benzene rings is 1. The summed E-state index contributed by atoms with van der Waals surface area (Å²) in [4.78, 5) is 11.8. The zero-order valence-electron chi connectivity index (χ0n) is 11.3. The van der Waals surface area contributed by atoms with E-state index in [1.807, 2.05) is 0 Å². The first-order valence-electron chi connectivity index (χ1n) is 6.85. The lowest BCUT2D eigenvalue weighted by atomic mass is 9.81. The summed E-state index contributed by atoms with van der Waals surface area (Å²) in [6.45, 7) is 0.392. The van der Waals surface area contributed by atoms with Crippen LogP contribution in [0.15, 0.2) is 33.6 Å². The van der Waals surface area contributed by atoms with Crippen molar-refractivity contribution >= 4 is 31.9 Å². The number of rotatable bonds is 3. The fourth-order valence-corrected chi connectivity index (χ4v) is 5.70. The van der Waals surface area contributed by atoms with Crippen molar-refractivity contribution in [3.05, 3.63) is 28.7 Å². The van der Waals surface area contributed by atoms with E-state index in [0.717, 1.165) is 12.8 Å². The Labute approximate surface area is 132 Å². The Kier molecular flexibility index (Phi) is 3.62. The minimum atomic E-state index is -3.63. The van der Waals surface area contributed by atoms with Crippen molar-refractivity contribution in [1.82, 2.24) is 4.31 Å². The summed E-state index contributed by atoms with van der Waals surface area (Å²) in [6.07, 6.45) is 2.22. The van der Waals surface area contributed by atoms with Gasteiger partial charge in [0.25, 0.3) is 0 Å². The van der Waals surface area contributed by atoms with Gasteiger partial charge in [0.05, 0.1) is 10.3 Å². The zero-order chi connectivity index (χ0) is 15.3. The van der Waals surface area contributed by atoms with Crippen LogP contribution < -0.4 is 0 Å². The molecular weight excluding hydrogens is 358 g/mol. The Morgan fingerprint density at radius 1 is 1.43 bits per heavy atom. The van der Waals surface area contributed by atoms with Crippen LogP contribution in [0.5, 0.6) is 0 Å². The average molecular weight is 374 g/mol. The standard InChI is InChI=1S/C14H16BrNO4S/c15-11-4-1-5-12(7-11)21(19,20)16-8-10-3-2-6-14(10,9-16)13(17)18/h1,4-5,7,10H,2-3,6,8-9H2,(H,17,18)/t10-,14+/m0/s1. The number of halogens is 1. The third-order valence-corrected chi connectivity index (χ3v) is 7.00. The first kappa shape index (κ1) is 15.0. The summed E-state index contributed by atoms with van der Waals surface area (Å²) >= 11 is 3.27. The zero-order valence-corrected chi connectivity index (χ0v) is 13.7. The number of sulfonamides is 1. The Morgan fingerprint density at radius 2 is 2.19 bits per heavy atom. The second-order valence-corrected chi connectivity index (χ2v) is 8.66. The molecule has 2 fully saturated rings. The molecule has 0 unspecified atom stereocenters. The lowest BCUT2D eigenvalue weighted by molar-refractivity contribution is -0.149. The van der Waals surface area contributed by atoms with Crippen molar-refractivity contribution in [3.8, 4) is 0 Å². The van der Waals surface area contributed by atoms with Gasteiger partial charge >= 0.3 is 5.97 Å². The number of carboxylic acids is 1. The maximum absolute atomic E-state index is 12.7. The van der Waals surface area contributed by atoms with E-state index in [1.54, 1.807) is 24.3 Å². The van der Waals surface area contributed by atoms with Gasteiger partial charge in [0.2, 0.25) is 10.0 Å². The fourth-order valence-electron chi connectivity index (χ4n) is 3.55. The van der Waals surface area contributed by atoms with Crippen molar-refractivity contribution < 1.29 is 18.3 Å². The summed E-state index contributed by atoms with van der Waals surface area (Å²) in [7, 11) is -3.63. The van der Waals surface area contributed by atoms with Gasteiger partial charge in [0.1, 0.15) is 0 Å². The smallest absolute Gasteiger partial charge is 0.311 e. The lowest BCUT2D eigenvalue weighted by Gasteiger charge is -2.23. The Morgan fingerprint density at radius 3 is 2.81 bits per heavy atom. The van der Waals surface area contributed by atoms with E-state index < -0.39 is 21.4 Å². The molecule has 1 saturated heterocycles. The molecule has 1 aliphatic heterocycles. The van der Waals surface area contributed by atoms with Crippen LogP contribution >= 0.6 is 15.9 Å². The van der Waals surface area contributed by atoms with E-state index in [0.29, 0.717) is 17.4 Å². The number of aliphatic carboxylic acids is 1. The van der Waals surface area contributed by atoms with E-state index in [-0.39, 0.29) is 17.4 Å². The van der Waals surface area contributed by atoms with Gasteiger partial charge < -0.3 is 5.11 Å². The largest absolute Gasteiger partial charge is 0.481 e. The highest BCUT2D eigenvalue weighted by atomic mass is 79.9. The fraction of sp³-hybridized carbons (Fsp3) is 0.500. The molecule has 1 N–H and O–H groups in total. The highest BCUT2D eigenvalue weighted by molar-refractivity contribution is 9.10. The van der Waals surface area contributed by atoms with Crippen LogP contribution in [0.1, 0.15) is 19.3 Å². The van der Waals surface area contributed by atoms with Crippen LogP contribution in [-0.4, -0.2) is 36.9 Å². The maximum atomic E-state index is 12.7. The number of carbonyl (C=O) groups is 1. The number of fused-ring (bicyclic) bond motifs is 1. The third-order valence-electron chi connectivity index (χ3n) is 4.70. The van der Waals surface area contributed by atoms with Gasteiger partial charge in [0, 0.05) is 17.6 Å². The summed E-state index contributed by atoms with van der Waals surface area (Å²) < 4.78 is 27.4. The van der Waals surface area contributed by atoms with E-state index >= 15 is 0 Å². The monoisotopic (exact) mass is 373 g/mol. The molecule has 1 aromatic rings. The predicted molar refractivity (Wildman–Crippen MR) is 80.3 cm³/mol. The molecule has 21 heavy (non-hydrogen) atoms. The molecule has 0 aromatic heterocycles. The van der Waals surface area contributed by atoms with Gasteiger partial charge in [-0.25, -0.2) is 8.42 Å². The molecule has 0 bridgehead atoms. The predicted octanol–water partition coefficient (Wildman–Crippen LogP) is 2.32. The molecule has 1 saturated carbocycles. The topological polar surface area (TPSA) is 74.7 Å².